The zero-order valence-corrected chi connectivity index (χ0v) is 16.2. The molecule has 1 aromatic heterocycles. The van der Waals surface area contributed by atoms with Gasteiger partial charge in [-0.05, 0) is 25.1 Å². The lowest BCUT2D eigenvalue weighted by molar-refractivity contribution is 0.168. The fourth-order valence-electron chi connectivity index (χ4n) is 2.45. The van der Waals surface area contributed by atoms with E-state index >= 15 is 0 Å². The second-order valence-corrected chi connectivity index (χ2v) is 7.36. The molecule has 1 aliphatic heterocycles. The average Bonchev–Trinajstić information content (AvgIpc) is 2.99. The highest BCUT2D eigenvalue weighted by Gasteiger charge is 2.25. The minimum absolute atomic E-state index is 0.234. The first-order chi connectivity index (χ1) is 12.5. The number of hydrogen-bond acceptors (Lipinski definition) is 5. The van der Waals surface area contributed by atoms with Crippen LogP contribution in [0.3, 0.4) is 0 Å². The molecule has 0 aliphatic carbocycles. The number of anilines is 2. The van der Waals surface area contributed by atoms with Crippen molar-refractivity contribution in [3.8, 4) is 0 Å². The summed E-state index contributed by atoms with van der Waals surface area (Å²) in [5.41, 5.74) is 1.46. The van der Waals surface area contributed by atoms with Crippen molar-refractivity contribution in [2.75, 3.05) is 23.8 Å². The van der Waals surface area contributed by atoms with Crippen molar-refractivity contribution in [2.45, 2.75) is 19.9 Å². The maximum absolute atomic E-state index is 12.5. The minimum atomic E-state index is -0.534. The van der Waals surface area contributed by atoms with Gasteiger partial charge >= 0.3 is 12.1 Å². The molecule has 0 unspecified atom stereocenters. The Morgan fingerprint density at radius 2 is 2.12 bits per heavy atom. The van der Waals surface area contributed by atoms with E-state index in [1.807, 2.05) is 0 Å². The third-order valence-electron chi connectivity index (χ3n) is 3.67. The summed E-state index contributed by atoms with van der Waals surface area (Å²) in [6.45, 7) is 2.98. The van der Waals surface area contributed by atoms with Gasteiger partial charge in [0, 0.05) is 23.5 Å². The molecule has 0 radical (unpaired) electrons. The predicted molar refractivity (Wildman–Crippen MR) is 102 cm³/mol. The lowest BCUT2D eigenvalue weighted by Gasteiger charge is -2.26. The third kappa shape index (κ3) is 4.38. The van der Waals surface area contributed by atoms with Crippen molar-refractivity contribution in [3.63, 3.8) is 0 Å². The van der Waals surface area contributed by atoms with E-state index in [0.717, 1.165) is 10.6 Å². The summed E-state index contributed by atoms with van der Waals surface area (Å²) in [7, 11) is 0. The zero-order chi connectivity index (χ0) is 18.7. The van der Waals surface area contributed by atoms with Crippen LogP contribution in [-0.4, -0.2) is 35.2 Å². The summed E-state index contributed by atoms with van der Waals surface area (Å²) in [6, 6.07) is 4.69. The Kier molecular flexibility index (Phi) is 5.85. The van der Waals surface area contributed by atoms with Gasteiger partial charge in [-0.1, -0.05) is 34.5 Å². The Morgan fingerprint density at radius 1 is 1.31 bits per heavy atom. The van der Waals surface area contributed by atoms with Gasteiger partial charge in [-0.25, -0.2) is 14.6 Å². The standard InChI is InChI=1S/C16H16Cl2N4O3S/c1-2-25-16(24)21-14-20-12-5-6-22(8-13(12)26-14)15(23)19-9-3-4-10(17)11(18)7-9/h3-4,7H,2,5-6,8H2,1H3,(H,19,23)(H,20,21,24). The van der Waals surface area contributed by atoms with E-state index in [9.17, 15) is 9.59 Å². The fourth-order valence-corrected chi connectivity index (χ4v) is 3.76. The molecule has 1 aliphatic rings. The summed E-state index contributed by atoms with van der Waals surface area (Å²) >= 11 is 13.2. The molecular weight excluding hydrogens is 399 g/mol. The normalized spacial score (nSPS) is 13.1. The number of fused-ring (bicyclic) bond motifs is 1. The van der Waals surface area contributed by atoms with Crippen molar-refractivity contribution >= 4 is 57.5 Å². The second kappa shape index (κ2) is 8.11. The van der Waals surface area contributed by atoms with Gasteiger partial charge in [-0.2, -0.15) is 0 Å². The van der Waals surface area contributed by atoms with Gasteiger partial charge in [0.05, 0.1) is 28.9 Å². The van der Waals surface area contributed by atoms with Crippen LogP contribution in [0.25, 0.3) is 0 Å². The van der Waals surface area contributed by atoms with Crippen LogP contribution < -0.4 is 10.6 Å². The molecule has 2 aromatic rings. The number of rotatable bonds is 3. The van der Waals surface area contributed by atoms with E-state index in [-0.39, 0.29) is 6.03 Å². The number of amides is 3. The second-order valence-electron chi connectivity index (χ2n) is 5.46. The monoisotopic (exact) mass is 414 g/mol. The maximum atomic E-state index is 12.5. The number of carbonyl (C=O) groups excluding carboxylic acids is 2. The Balaban J connectivity index is 1.63. The van der Waals surface area contributed by atoms with E-state index in [0.29, 0.717) is 47.0 Å². The molecular formula is C16H16Cl2N4O3S. The maximum Gasteiger partial charge on any atom is 0.413 e. The third-order valence-corrected chi connectivity index (χ3v) is 5.41. The van der Waals surface area contributed by atoms with E-state index in [4.69, 9.17) is 27.9 Å². The molecule has 2 N–H and O–H groups in total. The molecule has 138 valence electrons. The van der Waals surface area contributed by atoms with Crippen LogP contribution in [0.4, 0.5) is 20.4 Å². The van der Waals surface area contributed by atoms with Crippen LogP contribution in [0.1, 0.15) is 17.5 Å². The van der Waals surface area contributed by atoms with Crippen molar-refractivity contribution in [1.82, 2.24) is 9.88 Å². The Labute approximate surface area is 164 Å². The quantitative estimate of drug-likeness (QED) is 0.767. The number of carbonyl (C=O) groups is 2. The summed E-state index contributed by atoms with van der Waals surface area (Å²) in [4.78, 5) is 31.0. The van der Waals surface area contributed by atoms with Crippen LogP contribution in [0.2, 0.25) is 10.0 Å². The molecule has 0 bridgehead atoms. The van der Waals surface area contributed by atoms with Crippen LogP contribution >= 0.6 is 34.5 Å². The molecule has 0 saturated heterocycles. The topological polar surface area (TPSA) is 83.6 Å². The van der Waals surface area contributed by atoms with Gasteiger partial charge in [-0.3, -0.25) is 5.32 Å². The average molecular weight is 415 g/mol. The Hall–Kier alpha value is -2.03. The summed E-state index contributed by atoms with van der Waals surface area (Å²) < 4.78 is 4.84. The molecule has 2 heterocycles. The van der Waals surface area contributed by atoms with Crippen molar-refractivity contribution < 1.29 is 14.3 Å². The predicted octanol–water partition coefficient (Wildman–Crippen LogP) is 4.61. The lowest BCUT2D eigenvalue weighted by atomic mass is 10.2. The molecule has 10 heteroatoms. The van der Waals surface area contributed by atoms with Crippen LogP contribution in [-0.2, 0) is 17.7 Å². The number of ether oxygens (including phenoxy) is 1. The number of thiazole rings is 1. The van der Waals surface area contributed by atoms with Crippen LogP contribution in [0, 0.1) is 0 Å². The van der Waals surface area contributed by atoms with Gasteiger partial charge in [-0.15, -0.1) is 0 Å². The first kappa shape index (κ1) is 18.8. The number of hydrogen-bond donors (Lipinski definition) is 2. The van der Waals surface area contributed by atoms with Gasteiger partial charge < -0.3 is 15.0 Å². The molecule has 0 spiro atoms. The molecule has 0 fully saturated rings. The van der Waals surface area contributed by atoms with E-state index in [2.05, 4.69) is 15.6 Å². The SMILES string of the molecule is CCOC(=O)Nc1nc2c(s1)CN(C(=O)Nc1ccc(Cl)c(Cl)c1)CC2. The highest BCUT2D eigenvalue weighted by atomic mass is 35.5. The molecule has 26 heavy (non-hydrogen) atoms. The number of nitrogens with one attached hydrogen (secondary N) is 2. The van der Waals surface area contributed by atoms with Crippen LogP contribution in [0.5, 0.6) is 0 Å². The summed E-state index contributed by atoms with van der Waals surface area (Å²) in [6.07, 6.45) is 0.0818. The molecule has 3 rings (SSSR count). The van der Waals surface area contributed by atoms with Gasteiger partial charge in [0.25, 0.3) is 0 Å². The van der Waals surface area contributed by atoms with Crippen molar-refractivity contribution in [2.24, 2.45) is 0 Å². The van der Waals surface area contributed by atoms with E-state index < -0.39 is 6.09 Å². The number of urea groups is 1. The first-order valence-corrected chi connectivity index (χ1v) is 9.47. The van der Waals surface area contributed by atoms with Crippen LogP contribution in [0.15, 0.2) is 18.2 Å². The molecule has 0 atom stereocenters. The van der Waals surface area contributed by atoms with Gasteiger partial charge in [0.2, 0.25) is 0 Å². The summed E-state index contributed by atoms with van der Waals surface area (Å²) in [5.74, 6) is 0. The van der Waals surface area contributed by atoms with Gasteiger partial charge in [0.1, 0.15) is 0 Å². The Morgan fingerprint density at radius 3 is 2.85 bits per heavy atom. The molecule has 1 aromatic carbocycles. The fraction of sp³-hybridized carbons (Fsp3) is 0.312. The molecule has 3 amide bonds. The minimum Gasteiger partial charge on any atom is -0.450 e. The smallest absolute Gasteiger partial charge is 0.413 e. The highest BCUT2D eigenvalue weighted by molar-refractivity contribution is 7.15. The first-order valence-electron chi connectivity index (χ1n) is 7.89. The highest BCUT2D eigenvalue weighted by Crippen LogP contribution is 2.29. The molecule has 0 saturated carbocycles. The number of aromatic nitrogens is 1. The Bertz CT molecular complexity index is 843. The van der Waals surface area contributed by atoms with Gasteiger partial charge in [0.15, 0.2) is 5.13 Å². The van der Waals surface area contributed by atoms with E-state index in [1.54, 1.807) is 30.0 Å². The largest absolute Gasteiger partial charge is 0.450 e. The number of benzene rings is 1. The summed E-state index contributed by atoms with van der Waals surface area (Å²) in [5, 5.41) is 6.68. The van der Waals surface area contributed by atoms with Crippen molar-refractivity contribution in [1.29, 1.82) is 0 Å². The van der Waals surface area contributed by atoms with E-state index in [1.165, 1.54) is 11.3 Å². The lowest BCUT2D eigenvalue weighted by Crippen LogP contribution is -2.38. The number of nitrogens with zero attached hydrogens (tertiary/aromatic N) is 2. The molecule has 7 nitrogen and oxygen atoms in total. The number of halogens is 2. The zero-order valence-electron chi connectivity index (χ0n) is 13.8. The van der Waals surface area contributed by atoms with Crippen molar-refractivity contribution in [3.05, 3.63) is 38.8 Å².